The molecule has 1 aliphatic heterocycles. The SMILES string of the molecule is CC[C@H]1SC(=S)N(c2c(C)n(C)n(-c3ccccc3)c2=O)C1=O. The average Bonchev–Trinajstić information content (AvgIpc) is 2.94. The van der Waals surface area contributed by atoms with Gasteiger partial charge in [-0.1, -0.05) is 49.1 Å². The van der Waals surface area contributed by atoms with Gasteiger partial charge in [0.2, 0.25) is 5.91 Å². The van der Waals surface area contributed by atoms with Crippen LogP contribution in [0.2, 0.25) is 0 Å². The summed E-state index contributed by atoms with van der Waals surface area (Å²) in [7, 11) is 1.81. The number of thiocarbonyl (C=S) groups is 1. The van der Waals surface area contributed by atoms with Gasteiger partial charge in [0, 0.05) is 7.05 Å². The van der Waals surface area contributed by atoms with Gasteiger partial charge >= 0.3 is 0 Å². The van der Waals surface area contributed by atoms with Gasteiger partial charge in [0.15, 0.2) is 0 Å². The molecule has 0 saturated carbocycles. The van der Waals surface area contributed by atoms with Gasteiger partial charge in [-0.2, -0.15) is 0 Å². The Hall–Kier alpha value is -1.86. The summed E-state index contributed by atoms with van der Waals surface area (Å²) < 4.78 is 3.77. The summed E-state index contributed by atoms with van der Waals surface area (Å²) in [6, 6.07) is 9.36. The highest BCUT2D eigenvalue weighted by atomic mass is 32.2. The summed E-state index contributed by atoms with van der Waals surface area (Å²) in [6.45, 7) is 3.78. The van der Waals surface area contributed by atoms with E-state index in [0.29, 0.717) is 22.1 Å². The Bertz CT molecular complexity index is 839. The number of thioether (sulfide) groups is 1. The van der Waals surface area contributed by atoms with Crippen LogP contribution < -0.4 is 10.5 Å². The van der Waals surface area contributed by atoms with E-state index in [0.717, 1.165) is 5.69 Å². The molecule has 1 saturated heterocycles. The van der Waals surface area contributed by atoms with Gasteiger partial charge in [-0.3, -0.25) is 19.2 Å². The molecule has 3 rings (SSSR count). The molecule has 5 nitrogen and oxygen atoms in total. The van der Waals surface area contributed by atoms with Gasteiger partial charge in [-0.15, -0.1) is 0 Å². The van der Waals surface area contributed by atoms with Gasteiger partial charge in [-0.05, 0) is 25.5 Å². The second kappa shape index (κ2) is 5.98. The molecule has 120 valence electrons. The minimum absolute atomic E-state index is 0.103. The number of carbonyl (C=O) groups is 1. The first-order chi connectivity index (χ1) is 11.0. The number of anilines is 1. The summed E-state index contributed by atoms with van der Waals surface area (Å²) in [6.07, 6.45) is 0.693. The van der Waals surface area contributed by atoms with Crippen LogP contribution in [0.5, 0.6) is 0 Å². The van der Waals surface area contributed by atoms with Crippen molar-refractivity contribution >= 4 is 39.9 Å². The number of hydrogen-bond acceptors (Lipinski definition) is 4. The number of nitrogens with zero attached hydrogens (tertiary/aromatic N) is 3. The maximum atomic E-state index is 13.0. The second-order valence-electron chi connectivity index (χ2n) is 5.36. The van der Waals surface area contributed by atoms with E-state index >= 15 is 0 Å². The second-order valence-corrected chi connectivity index (χ2v) is 7.20. The van der Waals surface area contributed by atoms with Gasteiger partial charge < -0.3 is 0 Å². The van der Waals surface area contributed by atoms with E-state index in [1.54, 1.807) is 16.4 Å². The number of aromatic nitrogens is 2. The molecule has 1 amide bonds. The molecule has 1 aromatic heterocycles. The molecule has 0 N–H and O–H groups in total. The fourth-order valence-corrected chi connectivity index (χ4v) is 4.16. The summed E-state index contributed by atoms with van der Waals surface area (Å²) in [5.74, 6) is -0.103. The van der Waals surface area contributed by atoms with Crippen molar-refractivity contribution in [1.82, 2.24) is 9.36 Å². The first-order valence-corrected chi connectivity index (χ1v) is 8.64. The Morgan fingerprint density at radius 1 is 1.22 bits per heavy atom. The molecule has 0 bridgehead atoms. The van der Waals surface area contributed by atoms with Crippen molar-refractivity contribution < 1.29 is 4.79 Å². The maximum absolute atomic E-state index is 13.0. The van der Waals surface area contributed by atoms with Crippen LogP contribution in [0.15, 0.2) is 35.1 Å². The monoisotopic (exact) mass is 347 g/mol. The first kappa shape index (κ1) is 16.0. The van der Waals surface area contributed by atoms with E-state index in [-0.39, 0.29) is 16.7 Å². The summed E-state index contributed by atoms with van der Waals surface area (Å²) in [4.78, 5) is 26.9. The maximum Gasteiger partial charge on any atom is 0.296 e. The van der Waals surface area contributed by atoms with E-state index in [2.05, 4.69) is 0 Å². The molecule has 2 heterocycles. The number of benzene rings is 1. The molecule has 0 radical (unpaired) electrons. The predicted molar refractivity (Wildman–Crippen MR) is 97.5 cm³/mol. The lowest BCUT2D eigenvalue weighted by Gasteiger charge is -2.13. The normalized spacial score (nSPS) is 18.0. The highest BCUT2D eigenvalue weighted by molar-refractivity contribution is 8.25. The smallest absolute Gasteiger partial charge is 0.283 e. The van der Waals surface area contributed by atoms with Crippen molar-refractivity contribution in [2.45, 2.75) is 25.5 Å². The number of hydrogen-bond donors (Lipinski definition) is 0. The molecule has 7 heteroatoms. The highest BCUT2D eigenvalue weighted by Crippen LogP contribution is 2.33. The van der Waals surface area contributed by atoms with Crippen molar-refractivity contribution in [2.24, 2.45) is 7.05 Å². The molecule has 2 aromatic rings. The Morgan fingerprint density at radius 3 is 2.43 bits per heavy atom. The number of para-hydroxylation sites is 1. The van der Waals surface area contributed by atoms with Gasteiger partial charge in [-0.25, -0.2) is 4.68 Å². The van der Waals surface area contributed by atoms with Crippen LogP contribution in [0.25, 0.3) is 5.69 Å². The molecular weight excluding hydrogens is 330 g/mol. The zero-order valence-electron chi connectivity index (χ0n) is 13.1. The minimum Gasteiger partial charge on any atom is -0.283 e. The van der Waals surface area contributed by atoms with Crippen LogP contribution in [0.3, 0.4) is 0 Å². The van der Waals surface area contributed by atoms with Crippen molar-refractivity contribution in [3.05, 3.63) is 46.4 Å². The van der Waals surface area contributed by atoms with Crippen molar-refractivity contribution in [1.29, 1.82) is 0 Å². The molecule has 0 unspecified atom stereocenters. The van der Waals surface area contributed by atoms with Gasteiger partial charge in [0.1, 0.15) is 10.0 Å². The van der Waals surface area contributed by atoms with Crippen LogP contribution in [-0.4, -0.2) is 24.8 Å². The van der Waals surface area contributed by atoms with E-state index in [9.17, 15) is 9.59 Å². The van der Waals surface area contributed by atoms with Crippen molar-refractivity contribution in [2.75, 3.05) is 4.90 Å². The molecule has 1 atom stereocenters. The fourth-order valence-electron chi connectivity index (χ4n) is 2.73. The summed E-state index contributed by atoms with van der Waals surface area (Å²) >= 11 is 6.70. The van der Waals surface area contributed by atoms with Gasteiger partial charge in [0.05, 0.1) is 16.6 Å². The van der Waals surface area contributed by atoms with Crippen molar-refractivity contribution in [3.63, 3.8) is 0 Å². The quantitative estimate of drug-likeness (QED) is 0.801. The summed E-state index contributed by atoms with van der Waals surface area (Å²) in [5, 5.41) is -0.202. The van der Waals surface area contributed by atoms with Crippen LogP contribution in [-0.2, 0) is 11.8 Å². The van der Waals surface area contributed by atoms with E-state index in [1.807, 2.05) is 44.2 Å². The topological polar surface area (TPSA) is 47.2 Å². The Balaban J connectivity index is 2.18. The summed E-state index contributed by atoms with van der Waals surface area (Å²) in [5.41, 5.74) is 1.59. The number of rotatable bonds is 3. The third kappa shape index (κ3) is 2.44. The van der Waals surface area contributed by atoms with Crippen LogP contribution in [0.4, 0.5) is 5.69 Å². The van der Waals surface area contributed by atoms with Crippen LogP contribution >= 0.6 is 24.0 Å². The van der Waals surface area contributed by atoms with Crippen LogP contribution in [0.1, 0.15) is 19.0 Å². The molecule has 23 heavy (non-hydrogen) atoms. The van der Waals surface area contributed by atoms with E-state index in [1.165, 1.54) is 16.7 Å². The first-order valence-electron chi connectivity index (χ1n) is 7.36. The minimum atomic E-state index is -0.232. The fraction of sp³-hybridized carbons (Fsp3) is 0.312. The zero-order valence-corrected chi connectivity index (χ0v) is 14.8. The molecule has 0 aliphatic carbocycles. The Morgan fingerprint density at radius 2 is 1.87 bits per heavy atom. The molecular formula is C16H17N3O2S2. The predicted octanol–water partition coefficient (Wildman–Crippen LogP) is 2.63. The average molecular weight is 347 g/mol. The zero-order chi connectivity index (χ0) is 16.7. The molecule has 0 spiro atoms. The number of carbonyl (C=O) groups excluding carboxylic acids is 1. The van der Waals surface area contributed by atoms with Crippen LogP contribution in [0, 0.1) is 6.92 Å². The lowest BCUT2D eigenvalue weighted by atomic mass is 10.2. The molecule has 1 aliphatic rings. The third-order valence-corrected chi connectivity index (χ3v) is 5.71. The van der Waals surface area contributed by atoms with Gasteiger partial charge in [0.25, 0.3) is 5.56 Å². The lowest BCUT2D eigenvalue weighted by molar-refractivity contribution is -0.116. The highest BCUT2D eigenvalue weighted by Gasteiger charge is 2.40. The molecule has 1 aromatic carbocycles. The standard InChI is InChI=1S/C16H17N3O2S2/c1-4-12-14(20)18(16(22)23-12)13-10(2)17(3)19(15(13)21)11-8-6-5-7-9-11/h5-9,12H,4H2,1-3H3/t12-/m1/s1. The van der Waals surface area contributed by atoms with E-state index in [4.69, 9.17) is 12.2 Å². The lowest BCUT2D eigenvalue weighted by Crippen LogP contribution is -2.35. The largest absolute Gasteiger partial charge is 0.296 e. The Labute approximate surface area is 143 Å². The number of amides is 1. The Kier molecular flexibility index (Phi) is 4.16. The third-order valence-electron chi connectivity index (χ3n) is 4.04. The van der Waals surface area contributed by atoms with Crippen molar-refractivity contribution in [3.8, 4) is 5.69 Å². The molecule has 1 fully saturated rings. The van der Waals surface area contributed by atoms with E-state index < -0.39 is 0 Å².